The smallest absolute Gasteiger partial charge is 0.331 e. The molecule has 2 aromatic carbocycles. The van der Waals surface area contributed by atoms with Crippen molar-refractivity contribution in [1.29, 1.82) is 0 Å². The molecule has 146 valence electrons. The van der Waals surface area contributed by atoms with Crippen LogP contribution in [0.25, 0.3) is 16.3 Å². The molecule has 0 saturated heterocycles. The molecule has 0 N–H and O–H groups in total. The average Bonchev–Trinajstić information content (AvgIpc) is 3.26. The third-order valence-electron chi connectivity index (χ3n) is 4.35. The fraction of sp³-hybridized carbons (Fsp3) is 0.136. The van der Waals surface area contributed by atoms with Crippen LogP contribution in [0, 0.1) is 6.92 Å². The molecule has 0 amide bonds. The number of fused-ring (bicyclic) bond motifs is 1. The first kappa shape index (κ1) is 19.4. The Labute approximate surface area is 177 Å². The summed E-state index contributed by atoms with van der Waals surface area (Å²) in [4.78, 5) is 16.6. The highest BCUT2D eigenvalue weighted by Gasteiger charge is 2.12. The van der Waals surface area contributed by atoms with E-state index < -0.39 is 5.97 Å². The molecule has 0 fully saturated rings. The number of nitrogens with zero attached hydrogens (tertiary/aromatic N) is 3. The number of aromatic nitrogens is 3. The van der Waals surface area contributed by atoms with Gasteiger partial charge in [-0.05, 0) is 30.7 Å². The largest absolute Gasteiger partial charge is 0.455 e. The third-order valence-corrected chi connectivity index (χ3v) is 5.76. The van der Waals surface area contributed by atoms with Gasteiger partial charge in [0.15, 0.2) is 0 Å². The molecule has 0 spiro atoms. The van der Waals surface area contributed by atoms with Crippen LogP contribution in [0.1, 0.15) is 21.8 Å². The number of esters is 1. The van der Waals surface area contributed by atoms with Crippen LogP contribution in [0.4, 0.5) is 0 Å². The van der Waals surface area contributed by atoms with Crippen molar-refractivity contribution in [2.45, 2.75) is 20.1 Å². The van der Waals surface area contributed by atoms with E-state index in [9.17, 15) is 4.79 Å². The van der Waals surface area contributed by atoms with Gasteiger partial charge in [0.1, 0.15) is 16.8 Å². The van der Waals surface area contributed by atoms with Gasteiger partial charge in [-0.3, -0.25) is 0 Å². The van der Waals surface area contributed by atoms with Crippen molar-refractivity contribution in [3.05, 3.63) is 87.7 Å². The zero-order valence-corrected chi connectivity index (χ0v) is 17.3. The van der Waals surface area contributed by atoms with E-state index in [1.807, 2.05) is 61.5 Å². The first-order chi connectivity index (χ1) is 14.1. The minimum atomic E-state index is -0.449. The molecule has 5 nitrogen and oxygen atoms in total. The highest BCUT2D eigenvalue weighted by Crippen LogP contribution is 2.23. The Morgan fingerprint density at radius 3 is 2.72 bits per heavy atom. The van der Waals surface area contributed by atoms with Crippen molar-refractivity contribution < 1.29 is 9.53 Å². The number of carbonyl (C=O) groups is 1. The van der Waals surface area contributed by atoms with Crippen molar-refractivity contribution in [2.24, 2.45) is 0 Å². The van der Waals surface area contributed by atoms with Crippen molar-refractivity contribution in [3.63, 3.8) is 0 Å². The van der Waals surface area contributed by atoms with E-state index in [4.69, 9.17) is 16.3 Å². The molecule has 2 heterocycles. The predicted octanol–water partition coefficient (Wildman–Crippen LogP) is 5.26. The minimum Gasteiger partial charge on any atom is -0.455 e. The van der Waals surface area contributed by atoms with Crippen molar-refractivity contribution in [1.82, 2.24) is 14.8 Å². The zero-order valence-electron chi connectivity index (χ0n) is 15.7. The number of aryl methyl sites for hydroxylation is 1. The number of halogens is 1. The van der Waals surface area contributed by atoms with Crippen molar-refractivity contribution in [3.8, 4) is 0 Å². The molecule has 0 unspecified atom stereocenters. The molecular formula is C22H18ClN3O2S. The zero-order chi connectivity index (χ0) is 20.2. The molecule has 0 aliphatic carbocycles. The molecule has 7 heteroatoms. The van der Waals surface area contributed by atoms with Crippen LogP contribution in [0.15, 0.2) is 60.7 Å². The lowest BCUT2D eigenvalue weighted by Crippen LogP contribution is -2.01. The van der Waals surface area contributed by atoms with E-state index in [2.05, 4.69) is 10.1 Å². The maximum absolute atomic E-state index is 12.1. The summed E-state index contributed by atoms with van der Waals surface area (Å²) in [5.41, 5.74) is 3.47. The van der Waals surface area contributed by atoms with Gasteiger partial charge in [-0.1, -0.05) is 54.1 Å². The summed E-state index contributed by atoms with van der Waals surface area (Å²) in [5, 5.41) is 5.72. The number of hydrogen-bond acceptors (Lipinski definition) is 5. The fourth-order valence-electron chi connectivity index (χ4n) is 2.93. The standard InChI is InChI=1S/C22H18ClN3O2S/c1-15-17(22(23)26(25-15)13-16-7-3-2-4-8-16)11-12-21(27)28-14-20-24-18-9-5-6-10-19(18)29-20/h2-12H,13-14H2,1H3/b12-11+. The molecule has 0 aliphatic rings. The van der Waals surface area contributed by atoms with Crippen LogP contribution >= 0.6 is 22.9 Å². The van der Waals surface area contributed by atoms with E-state index in [1.54, 1.807) is 10.8 Å². The molecule has 0 atom stereocenters. The van der Waals surface area contributed by atoms with Crippen molar-refractivity contribution in [2.75, 3.05) is 0 Å². The molecule has 2 aromatic heterocycles. The quantitative estimate of drug-likeness (QED) is 0.313. The summed E-state index contributed by atoms with van der Waals surface area (Å²) in [6.07, 6.45) is 3.02. The summed E-state index contributed by atoms with van der Waals surface area (Å²) in [5.74, 6) is -0.449. The van der Waals surface area contributed by atoms with Gasteiger partial charge in [-0.2, -0.15) is 5.10 Å². The second kappa shape index (κ2) is 8.59. The first-order valence-electron chi connectivity index (χ1n) is 9.06. The van der Waals surface area contributed by atoms with Crippen molar-refractivity contribution >= 4 is 45.2 Å². The molecule has 29 heavy (non-hydrogen) atoms. The van der Waals surface area contributed by atoms with Crippen LogP contribution in [0.2, 0.25) is 5.15 Å². The molecule has 0 aliphatic heterocycles. The van der Waals surface area contributed by atoms with Gasteiger partial charge >= 0.3 is 5.97 Å². The number of ether oxygens (including phenoxy) is 1. The topological polar surface area (TPSA) is 57.0 Å². The van der Waals surface area contributed by atoms with Gasteiger partial charge in [0.2, 0.25) is 0 Å². The second-order valence-corrected chi connectivity index (χ2v) is 7.92. The van der Waals surface area contributed by atoms with E-state index >= 15 is 0 Å². The molecule has 0 bridgehead atoms. The Hall–Kier alpha value is -2.96. The van der Waals surface area contributed by atoms with E-state index in [1.165, 1.54) is 17.4 Å². The lowest BCUT2D eigenvalue weighted by atomic mass is 10.2. The Bertz CT molecular complexity index is 1150. The van der Waals surface area contributed by atoms with Crippen LogP contribution in [-0.4, -0.2) is 20.7 Å². The summed E-state index contributed by atoms with van der Waals surface area (Å²) in [6, 6.07) is 17.8. The van der Waals surface area contributed by atoms with Gasteiger partial charge in [0.05, 0.1) is 22.5 Å². The predicted molar refractivity (Wildman–Crippen MR) is 116 cm³/mol. The van der Waals surface area contributed by atoms with Crippen LogP contribution in [0.3, 0.4) is 0 Å². The summed E-state index contributed by atoms with van der Waals surface area (Å²) in [6.45, 7) is 2.57. The normalized spacial score (nSPS) is 11.4. The molecule has 0 saturated carbocycles. The van der Waals surface area contributed by atoms with Gasteiger partial charge in [-0.25, -0.2) is 14.5 Å². The molecule has 4 rings (SSSR count). The van der Waals surface area contributed by atoms with Gasteiger partial charge in [0, 0.05) is 11.6 Å². The monoisotopic (exact) mass is 423 g/mol. The Morgan fingerprint density at radius 1 is 1.17 bits per heavy atom. The lowest BCUT2D eigenvalue weighted by Gasteiger charge is -2.03. The van der Waals surface area contributed by atoms with Gasteiger partial charge in [0.25, 0.3) is 0 Å². The van der Waals surface area contributed by atoms with Crippen LogP contribution in [-0.2, 0) is 22.7 Å². The Morgan fingerprint density at radius 2 is 1.93 bits per heavy atom. The second-order valence-electron chi connectivity index (χ2n) is 6.45. The minimum absolute atomic E-state index is 0.141. The molecular weight excluding hydrogens is 406 g/mol. The molecule has 4 aromatic rings. The first-order valence-corrected chi connectivity index (χ1v) is 10.3. The number of para-hydroxylation sites is 1. The summed E-state index contributed by atoms with van der Waals surface area (Å²) >= 11 is 7.99. The van der Waals surface area contributed by atoms with Crippen LogP contribution in [0.5, 0.6) is 0 Å². The summed E-state index contributed by atoms with van der Waals surface area (Å²) in [7, 11) is 0. The average molecular weight is 424 g/mol. The van der Waals surface area contributed by atoms with E-state index in [-0.39, 0.29) is 6.61 Å². The number of thiazole rings is 1. The number of carbonyl (C=O) groups excluding carboxylic acids is 1. The molecule has 0 radical (unpaired) electrons. The highest BCUT2D eigenvalue weighted by molar-refractivity contribution is 7.18. The SMILES string of the molecule is Cc1nn(Cc2ccccc2)c(Cl)c1/C=C/C(=O)OCc1nc2ccccc2s1. The Balaban J connectivity index is 1.41. The van der Waals surface area contributed by atoms with E-state index in [0.717, 1.165) is 26.5 Å². The third kappa shape index (κ3) is 4.55. The maximum atomic E-state index is 12.1. The number of benzene rings is 2. The Kier molecular flexibility index (Phi) is 5.74. The number of rotatable bonds is 6. The van der Waals surface area contributed by atoms with Crippen LogP contribution < -0.4 is 0 Å². The maximum Gasteiger partial charge on any atom is 0.331 e. The lowest BCUT2D eigenvalue weighted by molar-refractivity contribution is -0.138. The number of hydrogen-bond donors (Lipinski definition) is 0. The van der Waals surface area contributed by atoms with Gasteiger partial charge < -0.3 is 4.74 Å². The summed E-state index contributed by atoms with van der Waals surface area (Å²) < 4.78 is 8.11. The fourth-order valence-corrected chi connectivity index (χ4v) is 4.11. The van der Waals surface area contributed by atoms with E-state index in [0.29, 0.717) is 17.3 Å². The van der Waals surface area contributed by atoms with Gasteiger partial charge in [-0.15, -0.1) is 11.3 Å². The highest BCUT2D eigenvalue weighted by atomic mass is 35.5.